The SMILES string of the molecule is COCC(=O)N1CC[NH+](Cc2c(C(C)(C)C)nc3sc4cc(C)ccc4n23)CC1. The molecule has 1 aliphatic heterocycles. The second-order valence-corrected chi connectivity index (χ2v) is 10.1. The summed E-state index contributed by atoms with van der Waals surface area (Å²) < 4.78 is 8.66. The van der Waals surface area contributed by atoms with Crippen molar-refractivity contribution in [2.45, 2.75) is 39.7 Å². The van der Waals surface area contributed by atoms with E-state index < -0.39 is 0 Å². The normalized spacial score (nSPS) is 16.2. The molecular weight excluding hydrogens is 384 g/mol. The molecular formula is C22H31N4O2S+. The number of hydrogen-bond acceptors (Lipinski definition) is 4. The van der Waals surface area contributed by atoms with Crippen LogP contribution in [-0.4, -0.2) is 60.1 Å². The van der Waals surface area contributed by atoms with E-state index in [-0.39, 0.29) is 17.9 Å². The molecule has 4 rings (SSSR count). The first kappa shape index (κ1) is 20.3. The Bertz CT molecular complexity index is 1040. The molecule has 0 atom stereocenters. The van der Waals surface area contributed by atoms with E-state index >= 15 is 0 Å². The van der Waals surface area contributed by atoms with Crippen molar-refractivity contribution < 1.29 is 14.4 Å². The number of hydrogen-bond donors (Lipinski definition) is 1. The maximum absolute atomic E-state index is 12.1. The van der Waals surface area contributed by atoms with E-state index in [2.05, 4.69) is 50.3 Å². The van der Waals surface area contributed by atoms with Crippen LogP contribution in [0.25, 0.3) is 15.2 Å². The molecule has 0 unspecified atom stereocenters. The minimum Gasteiger partial charge on any atom is -0.375 e. The minimum absolute atomic E-state index is 0.00616. The number of nitrogens with zero attached hydrogens (tertiary/aromatic N) is 3. The Labute approximate surface area is 176 Å². The monoisotopic (exact) mass is 415 g/mol. The van der Waals surface area contributed by atoms with Gasteiger partial charge in [0.1, 0.15) is 18.8 Å². The summed E-state index contributed by atoms with van der Waals surface area (Å²) in [5, 5.41) is 0. The summed E-state index contributed by atoms with van der Waals surface area (Å²) in [7, 11) is 1.57. The number of carbonyl (C=O) groups excluding carboxylic acids is 1. The van der Waals surface area contributed by atoms with Crippen LogP contribution in [0.3, 0.4) is 0 Å². The van der Waals surface area contributed by atoms with Gasteiger partial charge in [0, 0.05) is 12.5 Å². The highest BCUT2D eigenvalue weighted by Crippen LogP contribution is 2.33. The van der Waals surface area contributed by atoms with Gasteiger partial charge in [0.25, 0.3) is 0 Å². The molecule has 0 radical (unpaired) electrons. The molecule has 1 amide bonds. The van der Waals surface area contributed by atoms with Crippen molar-refractivity contribution >= 4 is 32.4 Å². The molecule has 156 valence electrons. The Kier molecular flexibility index (Phi) is 5.40. The number of nitrogens with one attached hydrogen (secondary N) is 1. The summed E-state index contributed by atoms with van der Waals surface area (Å²) in [5.74, 6) is 0.0906. The number of quaternary nitrogens is 1. The Balaban J connectivity index is 1.65. The first-order valence-corrected chi connectivity index (χ1v) is 11.1. The molecule has 1 aliphatic rings. The number of piperazine rings is 1. The quantitative estimate of drug-likeness (QED) is 0.709. The Morgan fingerprint density at radius 1 is 1.28 bits per heavy atom. The summed E-state index contributed by atoms with van der Waals surface area (Å²) in [6.45, 7) is 13.4. The number of methoxy groups -OCH3 is 1. The van der Waals surface area contributed by atoms with Crippen LogP contribution in [0, 0.1) is 6.92 Å². The van der Waals surface area contributed by atoms with E-state index in [0.29, 0.717) is 0 Å². The number of ether oxygens (including phenoxy) is 1. The Morgan fingerprint density at radius 2 is 2.00 bits per heavy atom. The lowest BCUT2D eigenvalue weighted by molar-refractivity contribution is -0.918. The molecule has 0 bridgehead atoms. The van der Waals surface area contributed by atoms with Crippen LogP contribution >= 0.6 is 11.3 Å². The van der Waals surface area contributed by atoms with E-state index in [1.807, 2.05) is 4.90 Å². The van der Waals surface area contributed by atoms with Crippen molar-refractivity contribution in [2.24, 2.45) is 0 Å². The topological polar surface area (TPSA) is 51.3 Å². The minimum atomic E-state index is -0.00616. The van der Waals surface area contributed by atoms with Crippen LogP contribution in [0.1, 0.15) is 37.7 Å². The largest absolute Gasteiger partial charge is 0.375 e. The molecule has 3 heterocycles. The van der Waals surface area contributed by atoms with E-state index in [0.717, 1.165) is 37.7 Å². The molecule has 0 spiro atoms. The molecule has 2 aromatic heterocycles. The third-order valence-electron chi connectivity index (χ3n) is 5.72. The van der Waals surface area contributed by atoms with Crippen molar-refractivity contribution in [3.8, 4) is 0 Å². The number of aryl methyl sites for hydroxylation is 1. The van der Waals surface area contributed by atoms with Crippen molar-refractivity contribution in [1.82, 2.24) is 14.3 Å². The Morgan fingerprint density at radius 3 is 2.66 bits per heavy atom. The van der Waals surface area contributed by atoms with Gasteiger partial charge in [0.15, 0.2) is 4.96 Å². The second-order valence-electron chi connectivity index (χ2n) is 9.09. The number of fused-ring (bicyclic) bond motifs is 3. The first-order chi connectivity index (χ1) is 13.8. The van der Waals surface area contributed by atoms with Gasteiger partial charge in [-0.3, -0.25) is 9.20 Å². The molecule has 1 fully saturated rings. The van der Waals surface area contributed by atoms with Gasteiger partial charge in [-0.15, -0.1) is 0 Å². The first-order valence-electron chi connectivity index (χ1n) is 10.3. The highest BCUT2D eigenvalue weighted by atomic mass is 32.1. The summed E-state index contributed by atoms with van der Waals surface area (Å²) in [6, 6.07) is 6.66. The molecule has 1 N–H and O–H groups in total. The molecule has 29 heavy (non-hydrogen) atoms. The zero-order chi connectivity index (χ0) is 20.8. The van der Waals surface area contributed by atoms with E-state index in [1.54, 1.807) is 18.4 Å². The third kappa shape index (κ3) is 3.91. The fourth-order valence-electron chi connectivity index (χ4n) is 4.20. The van der Waals surface area contributed by atoms with Gasteiger partial charge in [0.2, 0.25) is 5.91 Å². The summed E-state index contributed by atoms with van der Waals surface area (Å²) in [6.07, 6.45) is 0. The lowest BCUT2D eigenvalue weighted by Gasteiger charge is -2.32. The van der Waals surface area contributed by atoms with Crippen LogP contribution < -0.4 is 4.90 Å². The van der Waals surface area contributed by atoms with Gasteiger partial charge in [-0.1, -0.05) is 38.2 Å². The smallest absolute Gasteiger partial charge is 0.248 e. The summed E-state index contributed by atoms with van der Waals surface area (Å²) in [4.78, 5) is 21.7. The molecule has 3 aromatic rings. The van der Waals surface area contributed by atoms with Gasteiger partial charge in [-0.05, 0) is 24.6 Å². The number of benzene rings is 1. The van der Waals surface area contributed by atoms with Crippen LogP contribution in [-0.2, 0) is 21.5 Å². The molecule has 6 nitrogen and oxygen atoms in total. The fourth-order valence-corrected chi connectivity index (χ4v) is 5.34. The molecule has 0 saturated carbocycles. The lowest BCUT2D eigenvalue weighted by Crippen LogP contribution is -3.13. The molecule has 1 saturated heterocycles. The molecule has 0 aliphatic carbocycles. The highest BCUT2D eigenvalue weighted by molar-refractivity contribution is 7.23. The van der Waals surface area contributed by atoms with Crippen molar-refractivity contribution in [1.29, 1.82) is 0 Å². The van der Waals surface area contributed by atoms with Crippen molar-refractivity contribution in [3.63, 3.8) is 0 Å². The van der Waals surface area contributed by atoms with E-state index in [1.165, 1.54) is 32.1 Å². The van der Waals surface area contributed by atoms with Gasteiger partial charge in [-0.25, -0.2) is 4.98 Å². The highest BCUT2D eigenvalue weighted by Gasteiger charge is 2.30. The lowest BCUT2D eigenvalue weighted by atomic mass is 9.90. The van der Waals surface area contributed by atoms with Crippen LogP contribution in [0.2, 0.25) is 0 Å². The number of amides is 1. The average molecular weight is 416 g/mol. The van der Waals surface area contributed by atoms with Gasteiger partial charge < -0.3 is 14.5 Å². The summed E-state index contributed by atoms with van der Waals surface area (Å²) >= 11 is 1.77. The van der Waals surface area contributed by atoms with Gasteiger partial charge in [-0.2, -0.15) is 0 Å². The van der Waals surface area contributed by atoms with Crippen molar-refractivity contribution in [2.75, 3.05) is 39.9 Å². The number of rotatable bonds is 4. The molecule has 7 heteroatoms. The number of aromatic nitrogens is 2. The van der Waals surface area contributed by atoms with E-state index in [4.69, 9.17) is 9.72 Å². The van der Waals surface area contributed by atoms with Gasteiger partial charge in [0.05, 0.1) is 42.1 Å². The summed E-state index contributed by atoms with van der Waals surface area (Å²) in [5.41, 5.74) is 5.03. The van der Waals surface area contributed by atoms with Crippen LogP contribution in [0.5, 0.6) is 0 Å². The third-order valence-corrected chi connectivity index (χ3v) is 6.72. The maximum Gasteiger partial charge on any atom is 0.248 e. The maximum atomic E-state index is 12.1. The zero-order valence-electron chi connectivity index (χ0n) is 18.0. The Hall–Kier alpha value is -1.96. The van der Waals surface area contributed by atoms with Crippen LogP contribution in [0.4, 0.5) is 0 Å². The predicted octanol–water partition coefficient (Wildman–Crippen LogP) is 2.03. The standard InChI is InChI=1S/C22H30N4O2S/c1-15-6-7-16-18(12-15)29-21-23-20(22(2,3)4)17(26(16)21)13-24-8-10-25(11-9-24)19(27)14-28-5/h6-7,12H,8-11,13-14H2,1-5H3/p+1. The average Bonchev–Trinajstić information content (AvgIpc) is 3.18. The van der Waals surface area contributed by atoms with E-state index in [9.17, 15) is 4.79 Å². The second kappa shape index (κ2) is 7.70. The number of thiazole rings is 1. The van der Waals surface area contributed by atoms with Crippen LogP contribution in [0.15, 0.2) is 18.2 Å². The predicted molar refractivity (Wildman–Crippen MR) is 117 cm³/mol. The number of carbonyl (C=O) groups is 1. The number of imidazole rings is 1. The fraction of sp³-hybridized carbons (Fsp3) is 0.545. The van der Waals surface area contributed by atoms with Gasteiger partial charge >= 0.3 is 0 Å². The van der Waals surface area contributed by atoms with Crippen molar-refractivity contribution in [3.05, 3.63) is 35.2 Å². The zero-order valence-corrected chi connectivity index (χ0v) is 18.9. The molecule has 1 aromatic carbocycles.